The van der Waals surface area contributed by atoms with Gasteiger partial charge in [-0.1, -0.05) is 24.8 Å². The molecule has 2 aliphatic rings. The van der Waals surface area contributed by atoms with E-state index < -0.39 is 11.7 Å². The number of aromatic nitrogens is 5. The Hall–Kier alpha value is -5.30. The van der Waals surface area contributed by atoms with E-state index in [-0.39, 0.29) is 5.95 Å². The van der Waals surface area contributed by atoms with Crippen LogP contribution in [-0.4, -0.2) is 75.9 Å². The molecule has 2 atom stereocenters. The number of benzene rings is 2. The van der Waals surface area contributed by atoms with Crippen molar-refractivity contribution in [2.75, 3.05) is 49.8 Å². The number of nitrogens with zero attached hydrogens (tertiary/aromatic N) is 7. The van der Waals surface area contributed by atoms with Gasteiger partial charge >= 0.3 is 0 Å². The molecule has 1 saturated carbocycles. The standard InChI is InChI=1S/C33H34FN9O3/c1-17(34)31(44)36-24-11-25(28(45-6)12-27(24)43(5)30-22-14-41(3)15-23(22)30)37-33-35-13-20(32-40-39-18(2)46-32)29(38-33)21-16-42(4)26-10-8-7-9-19(21)26/h7-13,16,22-23,30H,1,14-15H2,2-6H3,(H,36,44)(H,35,37,38). The fraction of sp³-hybridized carbons (Fsp3) is 0.303. The first-order valence-electron chi connectivity index (χ1n) is 14.9. The Kier molecular flexibility index (Phi) is 7.19. The van der Waals surface area contributed by atoms with Crippen molar-refractivity contribution in [2.45, 2.75) is 13.0 Å². The van der Waals surface area contributed by atoms with E-state index in [0.29, 0.717) is 63.7 Å². The maximum atomic E-state index is 13.9. The van der Waals surface area contributed by atoms with E-state index in [4.69, 9.17) is 14.1 Å². The number of fused-ring (bicyclic) bond motifs is 2. The van der Waals surface area contributed by atoms with Crippen LogP contribution in [0.5, 0.6) is 5.75 Å². The largest absolute Gasteiger partial charge is 0.494 e. The SMILES string of the molecule is C=C(F)C(=O)Nc1cc(Nc2ncc(-c3nnc(C)o3)c(-c3cn(C)c4ccccc34)n2)c(OC)cc1N(C)C1C2CN(C)CC21. The molecule has 1 aliphatic carbocycles. The lowest BCUT2D eigenvalue weighted by Crippen LogP contribution is -2.31. The smallest absolute Gasteiger partial charge is 0.283 e. The van der Waals surface area contributed by atoms with Crippen LogP contribution in [0.25, 0.3) is 33.6 Å². The Balaban J connectivity index is 1.30. The number of hydrogen-bond donors (Lipinski definition) is 2. The van der Waals surface area contributed by atoms with Gasteiger partial charge in [-0.25, -0.2) is 14.4 Å². The average molecular weight is 624 g/mol. The fourth-order valence-electron chi connectivity index (χ4n) is 6.72. The van der Waals surface area contributed by atoms with Crippen LogP contribution in [0.15, 0.2) is 65.6 Å². The predicted molar refractivity (Wildman–Crippen MR) is 174 cm³/mol. The molecule has 5 aromatic rings. The number of hydrogen-bond acceptors (Lipinski definition) is 10. The highest BCUT2D eigenvalue weighted by molar-refractivity contribution is 6.04. The highest BCUT2D eigenvalue weighted by atomic mass is 19.1. The summed E-state index contributed by atoms with van der Waals surface area (Å²) in [6.07, 6.45) is 3.63. The van der Waals surface area contributed by atoms with Crippen LogP contribution in [0.4, 0.5) is 27.4 Å². The van der Waals surface area contributed by atoms with Crippen LogP contribution in [0.1, 0.15) is 5.89 Å². The van der Waals surface area contributed by atoms with Crippen LogP contribution < -0.4 is 20.3 Å². The summed E-state index contributed by atoms with van der Waals surface area (Å²) in [4.78, 5) is 26.5. The predicted octanol–water partition coefficient (Wildman–Crippen LogP) is 5.16. The lowest BCUT2D eigenvalue weighted by molar-refractivity contribution is -0.114. The maximum absolute atomic E-state index is 13.9. The van der Waals surface area contributed by atoms with Crippen LogP contribution in [0.3, 0.4) is 0 Å². The zero-order valence-electron chi connectivity index (χ0n) is 26.2. The van der Waals surface area contributed by atoms with Gasteiger partial charge in [0.05, 0.1) is 35.4 Å². The molecular formula is C33H34FN9O3. The minimum atomic E-state index is -1.08. The number of para-hydroxylation sites is 1. The van der Waals surface area contributed by atoms with E-state index in [0.717, 1.165) is 29.6 Å². The molecule has 2 unspecified atom stereocenters. The first-order chi connectivity index (χ1) is 22.1. The topological polar surface area (TPSA) is 126 Å². The van der Waals surface area contributed by atoms with Crippen molar-refractivity contribution in [1.29, 1.82) is 0 Å². The van der Waals surface area contributed by atoms with Crippen molar-refractivity contribution in [3.05, 3.63) is 67.1 Å². The summed E-state index contributed by atoms with van der Waals surface area (Å²) < 4.78 is 27.5. The number of methoxy groups -OCH3 is 1. The number of aryl methyl sites for hydroxylation is 2. The van der Waals surface area contributed by atoms with Crippen molar-refractivity contribution in [1.82, 2.24) is 29.6 Å². The molecule has 0 spiro atoms. The van der Waals surface area contributed by atoms with E-state index in [1.165, 1.54) is 0 Å². The van der Waals surface area contributed by atoms with Gasteiger partial charge in [0.2, 0.25) is 11.8 Å². The van der Waals surface area contributed by atoms with Gasteiger partial charge in [0, 0.05) is 75.1 Å². The third kappa shape index (κ3) is 5.11. The first kappa shape index (κ1) is 29.4. The van der Waals surface area contributed by atoms with Crippen molar-refractivity contribution < 1.29 is 18.3 Å². The number of ether oxygens (including phenoxy) is 1. The molecule has 2 aromatic carbocycles. The summed E-state index contributed by atoms with van der Waals surface area (Å²) in [5.41, 5.74) is 4.62. The van der Waals surface area contributed by atoms with E-state index >= 15 is 0 Å². The molecule has 236 valence electrons. The summed E-state index contributed by atoms with van der Waals surface area (Å²) >= 11 is 0. The van der Waals surface area contributed by atoms with Gasteiger partial charge in [-0.15, -0.1) is 10.2 Å². The number of nitrogens with one attached hydrogen (secondary N) is 2. The third-order valence-corrected chi connectivity index (χ3v) is 8.91. The summed E-state index contributed by atoms with van der Waals surface area (Å²) in [7, 11) is 7.65. The normalized spacial score (nSPS) is 18.8. The molecular weight excluding hydrogens is 589 g/mol. The molecule has 1 saturated heterocycles. The molecule has 2 fully saturated rings. The Morgan fingerprint density at radius 2 is 1.89 bits per heavy atom. The van der Waals surface area contributed by atoms with Gasteiger partial charge in [0.1, 0.15) is 5.75 Å². The first-order valence-corrected chi connectivity index (χ1v) is 14.9. The van der Waals surface area contributed by atoms with Gasteiger partial charge in [-0.2, -0.15) is 0 Å². The zero-order chi connectivity index (χ0) is 32.3. The number of amides is 1. The van der Waals surface area contributed by atoms with Crippen LogP contribution in [0.2, 0.25) is 0 Å². The van der Waals surface area contributed by atoms with Gasteiger partial charge in [0.25, 0.3) is 11.8 Å². The van der Waals surface area contributed by atoms with Crippen molar-refractivity contribution >= 4 is 39.8 Å². The molecule has 1 aliphatic heterocycles. The van der Waals surface area contributed by atoms with E-state index in [1.807, 2.05) is 55.2 Å². The molecule has 12 nitrogen and oxygen atoms in total. The number of rotatable bonds is 9. The number of carbonyl (C=O) groups excluding carboxylic acids is 1. The molecule has 46 heavy (non-hydrogen) atoms. The Labute approximate surface area is 264 Å². The van der Waals surface area contributed by atoms with Crippen LogP contribution in [-0.2, 0) is 11.8 Å². The minimum absolute atomic E-state index is 0.259. The fourth-order valence-corrected chi connectivity index (χ4v) is 6.72. The Morgan fingerprint density at radius 3 is 2.59 bits per heavy atom. The second-order valence-corrected chi connectivity index (χ2v) is 12.0. The monoisotopic (exact) mass is 623 g/mol. The minimum Gasteiger partial charge on any atom is -0.494 e. The highest BCUT2D eigenvalue weighted by Gasteiger charge is 2.57. The lowest BCUT2D eigenvalue weighted by Gasteiger charge is -2.27. The van der Waals surface area contributed by atoms with Gasteiger partial charge in [-0.05, 0) is 31.0 Å². The summed E-state index contributed by atoms with van der Waals surface area (Å²) in [6.45, 7) is 6.91. The Bertz CT molecular complexity index is 1990. The van der Waals surface area contributed by atoms with Crippen molar-refractivity contribution in [3.8, 4) is 28.5 Å². The van der Waals surface area contributed by atoms with Gasteiger partial charge in [0.15, 0.2) is 5.83 Å². The Morgan fingerprint density at radius 1 is 1.13 bits per heavy atom. The van der Waals surface area contributed by atoms with Crippen molar-refractivity contribution in [2.24, 2.45) is 18.9 Å². The number of anilines is 4. The van der Waals surface area contributed by atoms with E-state index in [2.05, 4.69) is 49.2 Å². The number of carbonyl (C=O) groups is 1. The van der Waals surface area contributed by atoms with Crippen LogP contribution in [0, 0.1) is 18.8 Å². The molecule has 4 heterocycles. The van der Waals surface area contributed by atoms with Gasteiger partial charge < -0.3 is 34.2 Å². The number of halogens is 1. The van der Waals surface area contributed by atoms with Gasteiger partial charge in [-0.3, -0.25) is 4.79 Å². The summed E-state index contributed by atoms with van der Waals surface area (Å²) in [6, 6.07) is 11.9. The van der Waals surface area contributed by atoms with Crippen LogP contribution >= 0.6 is 0 Å². The molecule has 13 heteroatoms. The number of likely N-dealkylation sites (tertiary alicyclic amines) is 1. The molecule has 0 bridgehead atoms. The lowest BCUT2D eigenvalue weighted by atomic mass is 10.1. The highest BCUT2D eigenvalue weighted by Crippen LogP contribution is 2.51. The molecule has 1 amide bonds. The van der Waals surface area contributed by atoms with E-state index in [9.17, 15) is 9.18 Å². The second-order valence-electron chi connectivity index (χ2n) is 12.0. The second kappa shape index (κ2) is 11.2. The molecule has 2 N–H and O–H groups in total. The zero-order valence-corrected chi connectivity index (χ0v) is 26.2. The molecule has 3 aromatic heterocycles. The van der Waals surface area contributed by atoms with E-state index in [1.54, 1.807) is 26.3 Å². The van der Waals surface area contributed by atoms with Crippen molar-refractivity contribution in [3.63, 3.8) is 0 Å². The molecule has 7 rings (SSSR count). The maximum Gasteiger partial charge on any atom is 0.283 e. The summed E-state index contributed by atoms with van der Waals surface area (Å²) in [5, 5.41) is 15.2. The number of piperidine rings is 1. The third-order valence-electron chi connectivity index (χ3n) is 8.91. The quantitative estimate of drug-likeness (QED) is 0.213. The average Bonchev–Trinajstić information content (AvgIpc) is 3.34. The summed E-state index contributed by atoms with van der Waals surface area (Å²) in [5.74, 6) is 0.519. The molecule has 0 radical (unpaired) electrons.